The fourth-order valence-electron chi connectivity index (χ4n) is 1.73. The molecule has 1 unspecified atom stereocenters. The summed E-state index contributed by atoms with van der Waals surface area (Å²) in [7, 11) is 0. The minimum atomic E-state index is 0. The number of rotatable bonds is 0. The van der Waals surface area contributed by atoms with Crippen molar-refractivity contribution >= 4 is 6.08 Å². The van der Waals surface area contributed by atoms with Gasteiger partial charge in [0.05, 0.1) is 0 Å². The molecule has 2 aromatic rings. The Morgan fingerprint density at radius 1 is 0.789 bits per heavy atom. The summed E-state index contributed by atoms with van der Waals surface area (Å²) < 4.78 is 0. The summed E-state index contributed by atoms with van der Waals surface area (Å²) in [5, 5.41) is 0. The van der Waals surface area contributed by atoms with Crippen LogP contribution in [0.15, 0.2) is 60.7 Å². The summed E-state index contributed by atoms with van der Waals surface area (Å²) in [6.07, 6.45) is 5.33. The predicted molar refractivity (Wildman–Crippen MR) is 69.0 cm³/mol. The Hall–Kier alpha value is -0.357. The molecular weight excluding hydrogens is 354 g/mol. The van der Waals surface area contributed by atoms with Crippen LogP contribution in [0.2, 0.25) is 0 Å². The Labute approximate surface area is 147 Å². The largest absolute Gasteiger partial charge is 3.00 e. The third kappa shape index (κ3) is 6.57. The van der Waals surface area contributed by atoms with Gasteiger partial charge in [-0.1, -0.05) is 67.4 Å². The van der Waals surface area contributed by atoms with Crippen molar-refractivity contribution in [3.63, 3.8) is 0 Å². The van der Waals surface area contributed by atoms with Gasteiger partial charge in [-0.2, -0.15) is 5.56 Å². The fraction of sp³-hybridized carbons (Fsp3) is 0.125. The zero-order valence-corrected chi connectivity index (χ0v) is 14.7. The van der Waals surface area contributed by atoms with Gasteiger partial charge in [-0.25, -0.2) is 6.08 Å². The van der Waals surface area contributed by atoms with Crippen molar-refractivity contribution in [2.24, 2.45) is 0 Å². The molecule has 3 heteroatoms. The molecule has 19 heavy (non-hydrogen) atoms. The third-order valence-electron chi connectivity index (χ3n) is 2.62. The Morgan fingerprint density at radius 3 is 1.74 bits per heavy atom. The summed E-state index contributed by atoms with van der Waals surface area (Å²) in [4.78, 5) is 0. The van der Waals surface area contributed by atoms with Gasteiger partial charge in [0, 0.05) is 0 Å². The van der Waals surface area contributed by atoms with Gasteiger partial charge >= 0.3 is 26.2 Å². The van der Waals surface area contributed by atoms with E-state index < -0.39 is 0 Å². The molecule has 0 N–H and O–H groups in total. The molecule has 0 aromatic heterocycles. The minimum absolute atomic E-state index is 0. The topological polar surface area (TPSA) is 0 Å². The molecule has 97 valence electrons. The summed E-state index contributed by atoms with van der Waals surface area (Å²) >= 11 is 0. The van der Waals surface area contributed by atoms with E-state index >= 15 is 0 Å². The van der Waals surface area contributed by atoms with Gasteiger partial charge < -0.3 is 24.8 Å². The normalized spacial score (nSPS) is 13.6. The van der Waals surface area contributed by atoms with E-state index in [1.54, 1.807) is 0 Å². The van der Waals surface area contributed by atoms with Crippen LogP contribution < -0.4 is 24.8 Å². The number of hydrogen-bond donors (Lipinski definition) is 0. The van der Waals surface area contributed by atoms with E-state index in [4.69, 9.17) is 0 Å². The first-order valence-electron chi connectivity index (χ1n) is 5.56. The maximum absolute atomic E-state index is 3.26. The van der Waals surface area contributed by atoms with Gasteiger partial charge in [-0.3, -0.25) is 6.08 Å². The SMILES string of the molecule is CC1[C-]=Cc2ccccc21.[Cl-].[Cl-].[Zr+3].c1ccccc1. The smallest absolute Gasteiger partial charge is 1.00 e. The van der Waals surface area contributed by atoms with Crippen LogP contribution in [-0.4, -0.2) is 0 Å². The number of hydrogen-bond acceptors (Lipinski definition) is 0. The van der Waals surface area contributed by atoms with Gasteiger partial charge in [0.2, 0.25) is 0 Å². The van der Waals surface area contributed by atoms with Gasteiger partial charge in [0.15, 0.2) is 0 Å². The number of benzene rings is 2. The molecule has 1 aliphatic carbocycles. The maximum Gasteiger partial charge on any atom is 3.00 e. The van der Waals surface area contributed by atoms with E-state index in [1.807, 2.05) is 36.4 Å². The molecule has 0 heterocycles. The van der Waals surface area contributed by atoms with Crippen molar-refractivity contribution in [3.05, 3.63) is 77.9 Å². The molecule has 0 spiro atoms. The van der Waals surface area contributed by atoms with Gasteiger partial charge in [-0.05, 0) is 0 Å². The van der Waals surface area contributed by atoms with Crippen molar-refractivity contribution in [3.8, 4) is 0 Å². The maximum atomic E-state index is 3.26. The van der Waals surface area contributed by atoms with Crippen molar-refractivity contribution in [2.75, 3.05) is 0 Å². The molecule has 0 nitrogen and oxygen atoms in total. The van der Waals surface area contributed by atoms with E-state index in [0.29, 0.717) is 5.92 Å². The van der Waals surface area contributed by atoms with Crippen molar-refractivity contribution < 1.29 is 51.0 Å². The predicted octanol–water partition coefficient (Wildman–Crippen LogP) is -1.69. The Bertz CT molecular complexity index is 442. The van der Waals surface area contributed by atoms with E-state index in [0.717, 1.165) is 0 Å². The second kappa shape index (κ2) is 11.5. The first kappa shape index (κ1) is 21.0. The fourth-order valence-corrected chi connectivity index (χ4v) is 1.73. The van der Waals surface area contributed by atoms with Crippen LogP contribution in [0, 0.1) is 6.08 Å². The molecule has 0 saturated carbocycles. The first-order valence-corrected chi connectivity index (χ1v) is 5.56. The van der Waals surface area contributed by atoms with E-state index in [-0.39, 0.29) is 51.0 Å². The van der Waals surface area contributed by atoms with Crippen LogP contribution in [0.3, 0.4) is 0 Å². The van der Waals surface area contributed by atoms with Gasteiger partial charge in [0.1, 0.15) is 0 Å². The van der Waals surface area contributed by atoms with E-state index in [1.165, 1.54) is 11.1 Å². The number of allylic oxidation sites excluding steroid dienone is 1. The van der Waals surface area contributed by atoms with Gasteiger partial charge in [0.25, 0.3) is 0 Å². The molecule has 0 aliphatic heterocycles. The van der Waals surface area contributed by atoms with Crippen molar-refractivity contribution in [1.82, 2.24) is 0 Å². The van der Waals surface area contributed by atoms with E-state index in [2.05, 4.69) is 43.3 Å². The molecule has 1 radical (unpaired) electrons. The molecule has 0 fully saturated rings. The van der Waals surface area contributed by atoms with Crippen LogP contribution in [0.5, 0.6) is 0 Å². The molecule has 0 bridgehead atoms. The summed E-state index contributed by atoms with van der Waals surface area (Å²) in [5.74, 6) is 0.496. The van der Waals surface area contributed by atoms with Gasteiger partial charge in [-0.15, -0.1) is 11.6 Å². The molecule has 0 saturated heterocycles. The summed E-state index contributed by atoms with van der Waals surface area (Å²) in [6, 6.07) is 20.4. The molecule has 0 amide bonds. The standard InChI is InChI=1S/C10H9.C6H6.2ClH.Zr/c1-8-6-7-9-4-2-3-5-10(8)9;1-2-4-6-5-3-1;;;/h2-5,7-8H,1H3;1-6H;2*1H;/q-1;;;;+3/p-2. The first-order chi connectivity index (χ1) is 7.88. The molecule has 3 rings (SSSR count). The molecular formula is C16H15Cl2Zr. The van der Waals surface area contributed by atoms with Crippen LogP contribution in [0.4, 0.5) is 0 Å². The number of halogens is 2. The third-order valence-corrected chi connectivity index (χ3v) is 2.62. The van der Waals surface area contributed by atoms with Crippen LogP contribution in [0.1, 0.15) is 24.0 Å². The Morgan fingerprint density at radius 2 is 1.26 bits per heavy atom. The van der Waals surface area contributed by atoms with E-state index in [9.17, 15) is 0 Å². The quantitative estimate of drug-likeness (QED) is 0.487. The Balaban J connectivity index is 0. The average Bonchev–Trinajstić information content (AvgIpc) is 2.75. The van der Waals surface area contributed by atoms with Crippen LogP contribution >= 0.6 is 0 Å². The van der Waals surface area contributed by atoms with Crippen LogP contribution in [-0.2, 0) is 26.2 Å². The summed E-state index contributed by atoms with van der Waals surface area (Å²) in [6.45, 7) is 2.17. The zero-order chi connectivity index (χ0) is 11.2. The molecule has 1 aliphatic rings. The summed E-state index contributed by atoms with van der Waals surface area (Å²) in [5.41, 5.74) is 2.73. The zero-order valence-electron chi connectivity index (χ0n) is 10.7. The monoisotopic (exact) mass is 367 g/mol. The van der Waals surface area contributed by atoms with Crippen molar-refractivity contribution in [1.29, 1.82) is 0 Å². The average molecular weight is 369 g/mol. The second-order valence-electron chi connectivity index (χ2n) is 3.82. The Kier molecular flexibility index (Phi) is 12.6. The molecule has 2 aromatic carbocycles. The second-order valence-corrected chi connectivity index (χ2v) is 3.82. The van der Waals surface area contributed by atoms with Crippen LogP contribution in [0.25, 0.3) is 6.08 Å². The number of fused-ring (bicyclic) bond motifs is 1. The minimum Gasteiger partial charge on any atom is -1.00 e. The molecule has 1 atom stereocenters. The van der Waals surface area contributed by atoms with Crippen molar-refractivity contribution in [2.45, 2.75) is 12.8 Å².